The Morgan fingerprint density at radius 2 is 1.69 bits per heavy atom. The predicted molar refractivity (Wildman–Crippen MR) is 113 cm³/mol. The van der Waals surface area contributed by atoms with E-state index >= 15 is 0 Å². The van der Waals surface area contributed by atoms with Crippen molar-refractivity contribution >= 4 is 63.5 Å². The maximum absolute atomic E-state index is 12.4. The molecule has 1 amide bonds. The van der Waals surface area contributed by atoms with E-state index in [0.717, 1.165) is 11.1 Å². The third-order valence-electron chi connectivity index (χ3n) is 3.55. The first kappa shape index (κ1) is 21.6. The zero-order valence-corrected chi connectivity index (χ0v) is 19.0. The Morgan fingerprint density at radius 3 is 2.27 bits per heavy atom. The molecular formula is C17H16Br3NO4S. The molecule has 0 aromatic heterocycles. The van der Waals surface area contributed by atoms with E-state index in [1.165, 1.54) is 12.1 Å². The van der Waals surface area contributed by atoms with Crippen LogP contribution in [0.25, 0.3) is 11.1 Å². The van der Waals surface area contributed by atoms with Crippen LogP contribution in [0.5, 0.6) is 0 Å². The molecule has 0 heterocycles. The van der Waals surface area contributed by atoms with Crippen LogP contribution in [0.15, 0.2) is 53.4 Å². The van der Waals surface area contributed by atoms with Gasteiger partial charge in [-0.1, -0.05) is 24.3 Å². The summed E-state index contributed by atoms with van der Waals surface area (Å²) in [6, 6.07) is 13.4. The fraction of sp³-hybridized carbons (Fsp3) is 0.235. The SMILES string of the molecule is O=C(NCCCO)c1cccc(-c2ccc(S(=O)(=O)C(Br)(Br)Br)cc2)c1. The molecule has 0 spiro atoms. The predicted octanol–water partition coefficient (Wildman–Crippen LogP) is 4.04. The van der Waals surface area contributed by atoms with Gasteiger partial charge in [0.2, 0.25) is 11.3 Å². The number of hydrogen-bond acceptors (Lipinski definition) is 4. The third kappa shape index (κ3) is 5.16. The van der Waals surface area contributed by atoms with Gasteiger partial charge >= 0.3 is 0 Å². The second-order valence-corrected chi connectivity index (χ2v) is 15.8. The Morgan fingerprint density at radius 1 is 1.04 bits per heavy atom. The van der Waals surface area contributed by atoms with E-state index in [1.54, 1.807) is 30.3 Å². The monoisotopic (exact) mass is 567 g/mol. The molecule has 2 N–H and O–H groups in total. The average Bonchev–Trinajstić information content (AvgIpc) is 2.61. The van der Waals surface area contributed by atoms with Crippen molar-refractivity contribution in [1.29, 1.82) is 0 Å². The largest absolute Gasteiger partial charge is 0.396 e. The lowest BCUT2D eigenvalue weighted by Crippen LogP contribution is -2.24. The number of halogens is 3. The summed E-state index contributed by atoms with van der Waals surface area (Å²) in [4.78, 5) is 12.3. The van der Waals surface area contributed by atoms with Crippen molar-refractivity contribution in [3.8, 4) is 11.1 Å². The highest BCUT2D eigenvalue weighted by atomic mass is 80.0. The van der Waals surface area contributed by atoms with E-state index in [2.05, 4.69) is 53.1 Å². The highest BCUT2D eigenvalue weighted by Gasteiger charge is 2.37. The number of nitrogens with one attached hydrogen (secondary N) is 1. The molecule has 5 nitrogen and oxygen atoms in total. The summed E-state index contributed by atoms with van der Waals surface area (Å²) in [5, 5.41) is 11.5. The van der Waals surface area contributed by atoms with Gasteiger partial charge in [-0.15, -0.1) is 0 Å². The molecule has 9 heteroatoms. The molecule has 0 saturated heterocycles. The first-order valence-corrected chi connectivity index (χ1v) is 11.4. The van der Waals surface area contributed by atoms with Crippen LogP contribution in [0.3, 0.4) is 0 Å². The zero-order chi connectivity index (χ0) is 19.4. The molecule has 0 atom stereocenters. The first-order valence-electron chi connectivity index (χ1n) is 7.58. The highest BCUT2D eigenvalue weighted by Crippen LogP contribution is 2.43. The van der Waals surface area contributed by atoms with Crippen molar-refractivity contribution in [1.82, 2.24) is 5.32 Å². The standard InChI is InChI=1S/C17H16Br3NO4S/c18-17(19,20)26(24,25)15-7-5-12(6-8-15)13-3-1-4-14(11-13)16(23)21-9-2-10-22/h1,3-8,11,22H,2,9-10H2,(H,21,23). The maximum atomic E-state index is 12.4. The normalized spacial score (nSPS) is 12.0. The second-order valence-electron chi connectivity index (χ2n) is 5.39. The van der Waals surface area contributed by atoms with Gasteiger partial charge in [0.15, 0.2) is 0 Å². The van der Waals surface area contributed by atoms with Crippen LogP contribution >= 0.6 is 47.8 Å². The van der Waals surface area contributed by atoms with Crippen LogP contribution in [0.1, 0.15) is 16.8 Å². The van der Waals surface area contributed by atoms with Gasteiger partial charge in [0.25, 0.3) is 5.91 Å². The number of hydrogen-bond donors (Lipinski definition) is 2. The molecular weight excluding hydrogens is 554 g/mol. The Bertz CT molecular complexity index is 878. The van der Waals surface area contributed by atoms with E-state index in [0.29, 0.717) is 18.5 Å². The summed E-state index contributed by atoms with van der Waals surface area (Å²) in [6.45, 7) is 0.424. The van der Waals surface area contributed by atoms with Crippen molar-refractivity contribution in [2.45, 2.75) is 12.8 Å². The molecule has 2 aromatic carbocycles. The lowest BCUT2D eigenvalue weighted by Gasteiger charge is -2.14. The van der Waals surface area contributed by atoms with Crippen LogP contribution in [0.4, 0.5) is 0 Å². The van der Waals surface area contributed by atoms with E-state index in [1.807, 2.05) is 6.07 Å². The van der Waals surface area contributed by atoms with Gasteiger partial charge in [-0.2, -0.15) is 0 Å². The van der Waals surface area contributed by atoms with Crippen molar-refractivity contribution in [3.63, 3.8) is 0 Å². The summed E-state index contributed by atoms with van der Waals surface area (Å²) in [6.07, 6.45) is 0.498. The molecule has 0 aliphatic carbocycles. The number of alkyl halides is 3. The summed E-state index contributed by atoms with van der Waals surface area (Å²) in [7, 11) is -3.64. The third-order valence-corrected chi connectivity index (χ3v) is 8.89. The summed E-state index contributed by atoms with van der Waals surface area (Å²) in [5.41, 5.74) is 2.09. The first-order chi connectivity index (χ1) is 12.2. The molecule has 0 unspecified atom stereocenters. The smallest absolute Gasteiger partial charge is 0.251 e. The van der Waals surface area contributed by atoms with Gasteiger partial charge < -0.3 is 10.4 Å². The summed E-state index contributed by atoms with van der Waals surface area (Å²) >= 11 is 9.11. The maximum Gasteiger partial charge on any atom is 0.251 e. The van der Waals surface area contributed by atoms with Crippen molar-refractivity contribution in [3.05, 3.63) is 54.1 Å². The van der Waals surface area contributed by atoms with Gasteiger partial charge in [0.05, 0.1) is 4.90 Å². The van der Waals surface area contributed by atoms with Crippen LogP contribution < -0.4 is 5.32 Å². The number of rotatable bonds is 6. The van der Waals surface area contributed by atoms with Gasteiger partial charge in [-0.05, 0) is 89.6 Å². The number of benzene rings is 2. The lowest BCUT2D eigenvalue weighted by atomic mass is 10.0. The highest BCUT2D eigenvalue weighted by molar-refractivity contribution is 9.42. The molecule has 2 aromatic rings. The molecule has 0 radical (unpaired) electrons. The number of carbonyl (C=O) groups excluding carboxylic acids is 1. The number of aliphatic hydroxyl groups is 1. The van der Waals surface area contributed by atoms with Crippen LogP contribution in [0.2, 0.25) is 0 Å². The number of aliphatic hydroxyl groups excluding tert-OH is 1. The van der Waals surface area contributed by atoms with Crippen LogP contribution in [-0.4, -0.2) is 34.1 Å². The molecule has 0 fully saturated rings. The lowest BCUT2D eigenvalue weighted by molar-refractivity contribution is 0.0951. The Hall–Kier alpha value is -0.740. The molecule has 0 saturated carbocycles. The van der Waals surface area contributed by atoms with Gasteiger partial charge in [0, 0.05) is 18.7 Å². The van der Waals surface area contributed by atoms with Crippen molar-refractivity contribution < 1.29 is 18.3 Å². The van der Waals surface area contributed by atoms with Crippen molar-refractivity contribution in [2.75, 3.05) is 13.2 Å². The summed E-state index contributed by atoms with van der Waals surface area (Å²) in [5.74, 6) is -0.220. The molecule has 0 aliphatic rings. The average molecular weight is 570 g/mol. The minimum Gasteiger partial charge on any atom is -0.396 e. The minimum atomic E-state index is -3.64. The Kier molecular flexibility index (Phi) is 7.43. The van der Waals surface area contributed by atoms with Gasteiger partial charge in [0.1, 0.15) is 0 Å². The van der Waals surface area contributed by atoms with E-state index < -0.39 is 11.3 Å². The Balaban J connectivity index is 2.25. The van der Waals surface area contributed by atoms with Gasteiger partial charge in [-0.25, -0.2) is 8.42 Å². The second kappa shape index (κ2) is 8.97. The molecule has 2 rings (SSSR count). The number of sulfone groups is 1. The minimum absolute atomic E-state index is 0.0219. The number of amides is 1. The quantitative estimate of drug-likeness (QED) is 0.406. The van der Waals surface area contributed by atoms with E-state index in [4.69, 9.17) is 5.11 Å². The molecule has 0 aliphatic heterocycles. The fourth-order valence-electron chi connectivity index (χ4n) is 2.18. The van der Waals surface area contributed by atoms with Crippen LogP contribution in [0, 0.1) is 0 Å². The fourth-order valence-corrected chi connectivity index (χ4v) is 4.63. The number of carbonyl (C=O) groups is 1. The zero-order valence-electron chi connectivity index (χ0n) is 13.5. The van der Waals surface area contributed by atoms with Crippen LogP contribution in [-0.2, 0) is 9.84 Å². The Labute approximate surface area is 177 Å². The topological polar surface area (TPSA) is 83.5 Å². The van der Waals surface area contributed by atoms with Gasteiger partial charge in [-0.3, -0.25) is 4.79 Å². The molecule has 0 bridgehead atoms. The van der Waals surface area contributed by atoms with Crippen molar-refractivity contribution in [2.24, 2.45) is 0 Å². The van der Waals surface area contributed by atoms with E-state index in [9.17, 15) is 13.2 Å². The summed E-state index contributed by atoms with van der Waals surface area (Å²) < 4.78 is 23.3. The van der Waals surface area contributed by atoms with E-state index in [-0.39, 0.29) is 17.4 Å². The molecule has 140 valence electrons. The molecule has 26 heavy (non-hydrogen) atoms.